The van der Waals surface area contributed by atoms with Crippen molar-refractivity contribution in [3.05, 3.63) is 35.6 Å². The van der Waals surface area contributed by atoms with Crippen LogP contribution in [-0.2, 0) is 19.1 Å². The van der Waals surface area contributed by atoms with Crippen LogP contribution in [0.15, 0.2) is 24.3 Å². The van der Waals surface area contributed by atoms with Gasteiger partial charge in [0.1, 0.15) is 11.9 Å². The molecule has 3 atom stereocenters. The molecule has 0 saturated carbocycles. The van der Waals surface area contributed by atoms with Gasteiger partial charge in [-0.1, -0.05) is 12.1 Å². The Morgan fingerprint density at radius 2 is 1.86 bits per heavy atom. The van der Waals surface area contributed by atoms with Gasteiger partial charge in [0.15, 0.2) is 0 Å². The Bertz CT molecular complexity index is 545. The summed E-state index contributed by atoms with van der Waals surface area (Å²) in [5.74, 6) is -1.22. The fraction of sp³-hybridized carbons (Fsp3) is 0.467. The van der Waals surface area contributed by atoms with Crippen molar-refractivity contribution >= 4 is 11.9 Å². The molecule has 0 amide bonds. The van der Waals surface area contributed by atoms with Gasteiger partial charge in [0.05, 0.1) is 19.6 Å². The Morgan fingerprint density at radius 1 is 1.24 bits per heavy atom. The molecule has 0 aliphatic carbocycles. The summed E-state index contributed by atoms with van der Waals surface area (Å²) in [5.41, 5.74) is -0.207. The summed E-state index contributed by atoms with van der Waals surface area (Å²) >= 11 is 0. The van der Waals surface area contributed by atoms with Crippen molar-refractivity contribution in [2.45, 2.75) is 25.4 Å². The molecule has 114 valence electrons. The van der Waals surface area contributed by atoms with Gasteiger partial charge in [-0.25, -0.2) is 4.39 Å². The van der Waals surface area contributed by atoms with Crippen molar-refractivity contribution in [3.8, 4) is 0 Å². The summed E-state index contributed by atoms with van der Waals surface area (Å²) in [6, 6.07) is 4.77. The van der Waals surface area contributed by atoms with Crippen LogP contribution >= 0.6 is 0 Å². The fourth-order valence-corrected chi connectivity index (χ4v) is 2.83. The number of benzene rings is 1. The lowest BCUT2D eigenvalue weighted by Crippen LogP contribution is -2.35. The molecule has 0 spiro atoms. The standard InChI is InChI=1S/C15H18FNO4/c1-15(14(19)21-3)8-11(13(18)20-2)17-12(15)9-4-6-10(16)7-5-9/h4-7,11-12,17H,8H2,1-3H3/t11?,12?,15-/m0/s1. The lowest BCUT2D eigenvalue weighted by Gasteiger charge is -2.28. The molecule has 0 bridgehead atoms. The van der Waals surface area contributed by atoms with Crippen LogP contribution in [0.3, 0.4) is 0 Å². The highest BCUT2D eigenvalue weighted by atomic mass is 19.1. The van der Waals surface area contributed by atoms with Gasteiger partial charge in [-0.15, -0.1) is 0 Å². The summed E-state index contributed by atoms with van der Waals surface area (Å²) in [6.45, 7) is 1.72. The molecule has 1 saturated heterocycles. The average Bonchev–Trinajstić information content (AvgIpc) is 2.85. The summed E-state index contributed by atoms with van der Waals surface area (Å²) < 4.78 is 22.7. The summed E-state index contributed by atoms with van der Waals surface area (Å²) in [7, 11) is 2.60. The lowest BCUT2D eigenvalue weighted by molar-refractivity contribution is -0.152. The largest absolute Gasteiger partial charge is 0.469 e. The highest BCUT2D eigenvalue weighted by Gasteiger charge is 2.52. The smallest absolute Gasteiger partial charge is 0.322 e. The van der Waals surface area contributed by atoms with E-state index < -0.39 is 29.4 Å². The van der Waals surface area contributed by atoms with Crippen molar-refractivity contribution in [2.75, 3.05) is 14.2 Å². The van der Waals surface area contributed by atoms with Crippen molar-refractivity contribution in [1.82, 2.24) is 5.32 Å². The third-order valence-corrected chi connectivity index (χ3v) is 3.97. The van der Waals surface area contributed by atoms with Crippen LogP contribution in [0.2, 0.25) is 0 Å². The molecule has 1 aliphatic rings. The summed E-state index contributed by atoms with van der Waals surface area (Å²) in [5, 5.41) is 3.09. The Labute approximate surface area is 122 Å². The normalized spacial score (nSPS) is 28.2. The molecule has 5 nitrogen and oxygen atoms in total. The first-order valence-electron chi connectivity index (χ1n) is 6.60. The number of hydrogen-bond acceptors (Lipinski definition) is 5. The molecule has 1 aromatic carbocycles. The van der Waals surface area contributed by atoms with Crippen LogP contribution in [0.1, 0.15) is 24.9 Å². The predicted molar refractivity (Wildman–Crippen MR) is 72.8 cm³/mol. The minimum atomic E-state index is -0.925. The maximum atomic E-state index is 13.1. The molecule has 1 fully saturated rings. The maximum Gasteiger partial charge on any atom is 0.322 e. The van der Waals surface area contributed by atoms with Gasteiger partial charge in [0.25, 0.3) is 0 Å². The number of rotatable bonds is 3. The Kier molecular flexibility index (Phi) is 4.27. The topological polar surface area (TPSA) is 64.6 Å². The molecule has 1 N–H and O–H groups in total. The number of methoxy groups -OCH3 is 2. The van der Waals surface area contributed by atoms with E-state index in [1.165, 1.54) is 26.4 Å². The first-order valence-corrected chi connectivity index (χ1v) is 6.60. The second kappa shape index (κ2) is 5.81. The molecule has 2 rings (SSSR count). The van der Waals surface area contributed by atoms with E-state index in [1.54, 1.807) is 19.1 Å². The highest BCUT2D eigenvalue weighted by Crippen LogP contribution is 2.44. The molecular formula is C15H18FNO4. The SMILES string of the molecule is COC(=O)C1C[C@](C)(C(=O)OC)C(c2ccc(F)cc2)N1. The minimum absolute atomic E-state index is 0.258. The van der Waals surface area contributed by atoms with Gasteiger partial charge in [0.2, 0.25) is 0 Å². The first-order chi connectivity index (χ1) is 9.92. The maximum absolute atomic E-state index is 13.1. The summed E-state index contributed by atoms with van der Waals surface area (Å²) in [4.78, 5) is 23.9. The second-order valence-electron chi connectivity index (χ2n) is 5.34. The van der Waals surface area contributed by atoms with E-state index in [2.05, 4.69) is 5.32 Å². The zero-order valence-electron chi connectivity index (χ0n) is 12.2. The fourth-order valence-electron chi connectivity index (χ4n) is 2.83. The zero-order chi connectivity index (χ0) is 15.6. The van der Waals surface area contributed by atoms with Crippen molar-refractivity contribution in [3.63, 3.8) is 0 Å². The van der Waals surface area contributed by atoms with Crippen molar-refractivity contribution < 1.29 is 23.5 Å². The number of hydrogen-bond donors (Lipinski definition) is 1. The molecule has 1 aliphatic heterocycles. The number of carbonyl (C=O) groups excluding carboxylic acids is 2. The van der Waals surface area contributed by atoms with Gasteiger partial charge in [-0.3, -0.25) is 14.9 Å². The second-order valence-corrected chi connectivity index (χ2v) is 5.34. The van der Waals surface area contributed by atoms with E-state index in [9.17, 15) is 14.0 Å². The third kappa shape index (κ3) is 2.76. The van der Waals surface area contributed by atoms with Gasteiger partial charge in [0, 0.05) is 6.04 Å². The molecule has 0 radical (unpaired) electrons. The molecule has 21 heavy (non-hydrogen) atoms. The van der Waals surface area contributed by atoms with E-state index >= 15 is 0 Å². The number of esters is 2. The van der Waals surface area contributed by atoms with Gasteiger partial charge >= 0.3 is 11.9 Å². The summed E-state index contributed by atoms with van der Waals surface area (Å²) in [6.07, 6.45) is 0.258. The van der Waals surface area contributed by atoms with E-state index in [1.807, 2.05) is 0 Å². The average molecular weight is 295 g/mol. The quantitative estimate of drug-likeness (QED) is 0.858. The highest BCUT2D eigenvalue weighted by molar-refractivity contribution is 5.83. The van der Waals surface area contributed by atoms with E-state index in [0.717, 1.165) is 5.56 Å². The number of halogens is 1. The first kappa shape index (κ1) is 15.4. The van der Waals surface area contributed by atoms with E-state index in [-0.39, 0.29) is 12.2 Å². The number of nitrogens with one attached hydrogen (secondary N) is 1. The van der Waals surface area contributed by atoms with Gasteiger partial charge < -0.3 is 9.47 Å². The predicted octanol–water partition coefficient (Wildman–Crippen LogP) is 1.58. The van der Waals surface area contributed by atoms with Crippen LogP contribution in [0.4, 0.5) is 4.39 Å². The lowest BCUT2D eigenvalue weighted by atomic mass is 9.78. The number of ether oxygens (including phenoxy) is 2. The molecule has 1 heterocycles. The molecular weight excluding hydrogens is 277 g/mol. The Morgan fingerprint density at radius 3 is 2.38 bits per heavy atom. The number of carbonyl (C=O) groups is 2. The third-order valence-electron chi connectivity index (χ3n) is 3.97. The van der Waals surface area contributed by atoms with E-state index in [0.29, 0.717) is 0 Å². The van der Waals surface area contributed by atoms with Gasteiger partial charge in [-0.2, -0.15) is 0 Å². The van der Waals surface area contributed by atoms with E-state index in [4.69, 9.17) is 9.47 Å². The van der Waals surface area contributed by atoms with Crippen LogP contribution in [0.5, 0.6) is 0 Å². The zero-order valence-corrected chi connectivity index (χ0v) is 12.2. The Balaban J connectivity index is 2.37. The monoisotopic (exact) mass is 295 g/mol. The van der Waals surface area contributed by atoms with Crippen molar-refractivity contribution in [1.29, 1.82) is 0 Å². The van der Waals surface area contributed by atoms with Crippen molar-refractivity contribution in [2.24, 2.45) is 5.41 Å². The van der Waals surface area contributed by atoms with Crippen LogP contribution in [0.25, 0.3) is 0 Å². The van der Waals surface area contributed by atoms with Crippen LogP contribution < -0.4 is 5.32 Å². The van der Waals surface area contributed by atoms with Crippen LogP contribution in [-0.4, -0.2) is 32.2 Å². The molecule has 6 heteroatoms. The molecule has 1 aromatic rings. The van der Waals surface area contributed by atoms with Crippen LogP contribution in [0, 0.1) is 11.2 Å². The van der Waals surface area contributed by atoms with Gasteiger partial charge in [-0.05, 0) is 31.0 Å². The molecule has 0 aromatic heterocycles. The molecule has 2 unspecified atom stereocenters. The minimum Gasteiger partial charge on any atom is -0.469 e. The Hall–Kier alpha value is -1.95.